The van der Waals surface area contributed by atoms with Gasteiger partial charge >= 0.3 is 5.97 Å². The Bertz CT molecular complexity index is 615. The fourth-order valence-corrected chi connectivity index (χ4v) is 1.98. The summed E-state index contributed by atoms with van der Waals surface area (Å²) in [6.45, 7) is 4.20. The van der Waals surface area contributed by atoms with E-state index in [0.29, 0.717) is 12.2 Å². The summed E-state index contributed by atoms with van der Waals surface area (Å²) in [7, 11) is 1.37. The molecule has 0 aromatic heterocycles. The predicted molar refractivity (Wildman–Crippen MR) is 82.5 cm³/mol. The average Bonchev–Trinajstić information content (AvgIpc) is 2.54. The zero-order chi connectivity index (χ0) is 15.1. The third-order valence-corrected chi connectivity index (χ3v) is 3.11. The molecule has 0 heterocycles. The van der Waals surface area contributed by atoms with Gasteiger partial charge in [-0.3, -0.25) is 0 Å². The molecule has 0 amide bonds. The molecule has 0 unspecified atom stereocenters. The summed E-state index contributed by atoms with van der Waals surface area (Å²) in [6, 6.07) is 15.1. The molecule has 2 aromatic rings. The number of carbonyl (C=O) groups is 1. The maximum Gasteiger partial charge on any atom is 0.337 e. The molecule has 21 heavy (non-hydrogen) atoms. The minimum Gasteiger partial charge on any atom is -0.489 e. The molecule has 3 heteroatoms. The Morgan fingerprint density at radius 3 is 2.52 bits per heavy atom. The molecule has 0 saturated carbocycles. The molecule has 0 aliphatic heterocycles. The molecule has 2 aromatic carbocycles. The second kappa shape index (κ2) is 7.29. The Kier molecular flexibility index (Phi) is 5.16. The summed E-state index contributed by atoms with van der Waals surface area (Å²) in [5.41, 5.74) is 2.64. The van der Waals surface area contributed by atoms with Crippen LogP contribution >= 0.6 is 0 Å². The SMILES string of the molecule is C=CCc1ccccc1OCc1ccc(C(=O)OC)cc1. The van der Waals surface area contributed by atoms with Gasteiger partial charge in [-0.2, -0.15) is 0 Å². The first-order valence-corrected chi connectivity index (χ1v) is 6.73. The van der Waals surface area contributed by atoms with Crippen molar-refractivity contribution in [1.29, 1.82) is 0 Å². The number of ether oxygens (including phenoxy) is 2. The Hall–Kier alpha value is -2.55. The van der Waals surface area contributed by atoms with Crippen molar-refractivity contribution in [2.45, 2.75) is 13.0 Å². The molecule has 3 nitrogen and oxygen atoms in total. The van der Waals surface area contributed by atoms with Gasteiger partial charge in [0.15, 0.2) is 0 Å². The van der Waals surface area contributed by atoms with E-state index in [1.165, 1.54) is 7.11 Å². The standard InChI is InChI=1S/C18H18O3/c1-3-6-15-7-4-5-8-17(15)21-13-14-9-11-16(12-10-14)18(19)20-2/h3-5,7-12H,1,6,13H2,2H3. The van der Waals surface area contributed by atoms with Crippen LogP contribution in [0.1, 0.15) is 21.5 Å². The van der Waals surface area contributed by atoms with E-state index in [0.717, 1.165) is 23.3 Å². The van der Waals surface area contributed by atoms with Crippen molar-refractivity contribution in [2.75, 3.05) is 7.11 Å². The van der Waals surface area contributed by atoms with Crippen LogP contribution in [0.4, 0.5) is 0 Å². The molecule has 0 aliphatic carbocycles. The maximum absolute atomic E-state index is 11.4. The molecule has 2 rings (SSSR count). The molecule has 0 aliphatic rings. The topological polar surface area (TPSA) is 35.5 Å². The van der Waals surface area contributed by atoms with Crippen molar-refractivity contribution in [1.82, 2.24) is 0 Å². The molecular formula is C18H18O3. The first-order valence-electron chi connectivity index (χ1n) is 6.73. The van der Waals surface area contributed by atoms with Gasteiger partial charge in [0.1, 0.15) is 12.4 Å². The normalized spacial score (nSPS) is 9.95. The van der Waals surface area contributed by atoms with Crippen LogP contribution in [-0.4, -0.2) is 13.1 Å². The number of hydrogen-bond acceptors (Lipinski definition) is 3. The maximum atomic E-state index is 11.4. The molecule has 0 spiro atoms. The highest BCUT2D eigenvalue weighted by Gasteiger charge is 2.05. The highest BCUT2D eigenvalue weighted by molar-refractivity contribution is 5.89. The summed E-state index contributed by atoms with van der Waals surface area (Å²) in [5, 5.41) is 0. The van der Waals surface area contributed by atoms with E-state index >= 15 is 0 Å². The summed E-state index contributed by atoms with van der Waals surface area (Å²) in [5.74, 6) is 0.522. The summed E-state index contributed by atoms with van der Waals surface area (Å²) >= 11 is 0. The number of esters is 1. The zero-order valence-electron chi connectivity index (χ0n) is 12.0. The van der Waals surface area contributed by atoms with Crippen LogP contribution in [0.2, 0.25) is 0 Å². The van der Waals surface area contributed by atoms with Crippen molar-refractivity contribution < 1.29 is 14.3 Å². The number of hydrogen-bond donors (Lipinski definition) is 0. The number of para-hydroxylation sites is 1. The second-order valence-corrected chi connectivity index (χ2v) is 4.58. The minimum atomic E-state index is -0.334. The minimum absolute atomic E-state index is 0.334. The fraction of sp³-hybridized carbons (Fsp3) is 0.167. The van der Waals surface area contributed by atoms with E-state index in [4.69, 9.17) is 4.74 Å². The molecule has 0 N–H and O–H groups in total. The summed E-state index contributed by atoms with van der Waals surface area (Å²) in [4.78, 5) is 11.4. The Labute approximate surface area is 124 Å². The highest BCUT2D eigenvalue weighted by Crippen LogP contribution is 2.20. The van der Waals surface area contributed by atoms with Crippen molar-refractivity contribution >= 4 is 5.97 Å². The lowest BCUT2D eigenvalue weighted by atomic mass is 10.1. The van der Waals surface area contributed by atoms with Gasteiger partial charge in [0.25, 0.3) is 0 Å². The third kappa shape index (κ3) is 3.96. The smallest absolute Gasteiger partial charge is 0.337 e. The van der Waals surface area contributed by atoms with E-state index in [1.807, 2.05) is 42.5 Å². The highest BCUT2D eigenvalue weighted by atomic mass is 16.5. The van der Waals surface area contributed by atoms with Gasteiger partial charge in [0, 0.05) is 0 Å². The van der Waals surface area contributed by atoms with E-state index in [2.05, 4.69) is 11.3 Å². The lowest BCUT2D eigenvalue weighted by molar-refractivity contribution is 0.0600. The van der Waals surface area contributed by atoms with Gasteiger partial charge in [-0.1, -0.05) is 36.4 Å². The van der Waals surface area contributed by atoms with Crippen LogP contribution in [0.5, 0.6) is 5.75 Å². The second-order valence-electron chi connectivity index (χ2n) is 4.58. The lowest BCUT2D eigenvalue weighted by Gasteiger charge is -2.10. The summed E-state index contributed by atoms with van der Waals surface area (Å²) < 4.78 is 10.5. The first kappa shape index (κ1) is 14.9. The van der Waals surface area contributed by atoms with Gasteiger partial charge < -0.3 is 9.47 Å². The van der Waals surface area contributed by atoms with Crippen LogP contribution in [0, 0.1) is 0 Å². The van der Waals surface area contributed by atoms with Gasteiger partial charge in [0.05, 0.1) is 12.7 Å². The van der Waals surface area contributed by atoms with Crippen molar-refractivity contribution in [3.63, 3.8) is 0 Å². The number of benzene rings is 2. The zero-order valence-corrected chi connectivity index (χ0v) is 12.0. The molecule has 108 valence electrons. The molecule has 0 bridgehead atoms. The molecule has 0 saturated heterocycles. The van der Waals surface area contributed by atoms with E-state index in [-0.39, 0.29) is 5.97 Å². The number of carbonyl (C=O) groups excluding carboxylic acids is 1. The third-order valence-electron chi connectivity index (χ3n) is 3.11. The molecule has 0 fully saturated rings. The largest absolute Gasteiger partial charge is 0.489 e. The van der Waals surface area contributed by atoms with Crippen molar-refractivity contribution in [3.05, 3.63) is 77.9 Å². The lowest BCUT2D eigenvalue weighted by Crippen LogP contribution is -2.02. The van der Waals surface area contributed by atoms with E-state index < -0.39 is 0 Å². The number of methoxy groups -OCH3 is 1. The van der Waals surface area contributed by atoms with Crippen LogP contribution in [0.3, 0.4) is 0 Å². The molecule has 0 radical (unpaired) electrons. The van der Waals surface area contributed by atoms with Crippen molar-refractivity contribution in [3.8, 4) is 5.75 Å². The quantitative estimate of drug-likeness (QED) is 0.597. The Morgan fingerprint density at radius 1 is 1.14 bits per heavy atom. The van der Waals surface area contributed by atoms with Gasteiger partial charge in [0.2, 0.25) is 0 Å². The first-order chi connectivity index (χ1) is 10.2. The molecular weight excluding hydrogens is 264 g/mol. The van der Waals surface area contributed by atoms with Crippen LogP contribution < -0.4 is 4.74 Å². The van der Waals surface area contributed by atoms with Crippen molar-refractivity contribution in [2.24, 2.45) is 0 Å². The average molecular weight is 282 g/mol. The Balaban J connectivity index is 2.03. The molecule has 0 atom stereocenters. The van der Waals surface area contributed by atoms with Crippen LogP contribution in [-0.2, 0) is 17.8 Å². The van der Waals surface area contributed by atoms with Gasteiger partial charge in [-0.05, 0) is 35.7 Å². The van der Waals surface area contributed by atoms with E-state index in [9.17, 15) is 4.79 Å². The van der Waals surface area contributed by atoms with Crippen LogP contribution in [0.25, 0.3) is 0 Å². The summed E-state index contributed by atoms with van der Waals surface area (Å²) in [6.07, 6.45) is 2.63. The van der Waals surface area contributed by atoms with E-state index in [1.54, 1.807) is 12.1 Å². The fourth-order valence-electron chi connectivity index (χ4n) is 1.98. The van der Waals surface area contributed by atoms with Gasteiger partial charge in [-0.15, -0.1) is 6.58 Å². The Morgan fingerprint density at radius 2 is 1.86 bits per heavy atom. The van der Waals surface area contributed by atoms with Crippen LogP contribution in [0.15, 0.2) is 61.2 Å². The number of allylic oxidation sites excluding steroid dienone is 1. The number of rotatable bonds is 6. The van der Waals surface area contributed by atoms with Gasteiger partial charge in [-0.25, -0.2) is 4.79 Å². The monoisotopic (exact) mass is 282 g/mol. The predicted octanol–water partition coefficient (Wildman–Crippen LogP) is 3.78.